The van der Waals surface area contributed by atoms with Gasteiger partial charge in [-0.15, -0.1) is 0 Å². The fourth-order valence-corrected chi connectivity index (χ4v) is 5.30. The van der Waals surface area contributed by atoms with Crippen LogP contribution in [0.4, 0.5) is 10.1 Å². The SMILES string of the molecule is CCCCOc1ccc(C2C(O[C@]3(C)OC(c4ccccc4)C(C)N(C)C3=O)C(=O)N2c2ccc(F)cc2)cc1. The molecule has 0 spiro atoms. The molecule has 2 aliphatic rings. The van der Waals surface area contributed by atoms with Gasteiger partial charge in [0.2, 0.25) is 5.79 Å². The lowest BCUT2D eigenvalue weighted by molar-refractivity contribution is -0.290. The minimum absolute atomic E-state index is 0.240. The average Bonchev–Trinajstić information content (AvgIpc) is 2.97. The van der Waals surface area contributed by atoms with Crippen LogP contribution >= 0.6 is 0 Å². The summed E-state index contributed by atoms with van der Waals surface area (Å²) in [6.07, 6.45) is 0.544. The first kappa shape index (κ1) is 27.8. The van der Waals surface area contributed by atoms with Crippen LogP contribution in [0.15, 0.2) is 78.9 Å². The number of nitrogens with zero attached hydrogens (tertiary/aromatic N) is 2. The van der Waals surface area contributed by atoms with Crippen LogP contribution < -0.4 is 9.64 Å². The van der Waals surface area contributed by atoms with Crippen molar-refractivity contribution in [3.63, 3.8) is 0 Å². The number of hydrogen-bond acceptors (Lipinski definition) is 5. The molecule has 0 N–H and O–H groups in total. The smallest absolute Gasteiger partial charge is 0.282 e. The predicted molar refractivity (Wildman–Crippen MR) is 149 cm³/mol. The molecule has 40 heavy (non-hydrogen) atoms. The van der Waals surface area contributed by atoms with Gasteiger partial charge in [-0.05, 0) is 67.8 Å². The number of β-lactam (4-membered cyclic amide) rings is 1. The van der Waals surface area contributed by atoms with Crippen molar-refractivity contribution in [2.75, 3.05) is 18.6 Å². The number of morpholine rings is 1. The number of likely N-dealkylation sites (N-methyl/N-ethyl adjacent to an activating group) is 1. The van der Waals surface area contributed by atoms with E-state index in [4.69, 9.17) is 14.2 Å². The molecule has 0 aromatic heterocycles. The fourth-order valence-electron chi connectivity index (χ4n) is 5.30. The van der Waals surface area contributed by atoms with Gasteiger partial charge in [-0.2, -0.15) is 0 Å². The molecule has 5 atom stereocenters. The summed E-state index contributed by atoms with van der Waals surface area (Å²) in [5.74, 6) is -2.06. The molecule has 0 aliphatic carbocycles. The number of unbranched alkanes of at least 4 members (excludes halogenated alkanes) is 1. The van der Waals surface area contributed by atoms with Crippen molar-refractivity contribution in [3.05, 3.63) is 95.8 Å². The lowest BCUT2D eigenvalue weighted by Crippen LogP contribution is -2.67. The third-order valence-electron chi connectivity index (χ3n) is 7.73. The van der Waals surface area contributed by atoms with Gasteiger partial charge >= 0.3 is 0 Å². The van der Waals surface area contributed by atoms with Gasteiger partial charge in [0.15, 0.2) is 6.10 Å². The molecule has 2 amide bonds. The number of ether oxygens (including phenoxy) is 3. The van der Waals surface area contributed by atoms with Crippen molar-refractivity contribution >= 4 is 17.5 Å². The van der Waals surface area contributed by atoms with Crippen LogP contribution in [-0.2, 0) is 19.1 Å². The summed E-state index contributed by atoms with van der Waals surface area (Å²) in [6.45, 7) is 6.22. The normalized spacial score (nSPS) is 26.5. The molecule has 7 nitrogen and oxygen atoms in total. The topological polar surface area (TPSA) is 68.3 Å². The highest BCUT2D eigenvalue weighted by Crippen LogP contribution is 2.45. The summed E-state index contributed by atoms with van der Waals surface area (Å²) in [6, 6.07) is 22.1. The van der Waals surface area contributed by atoms with Gasteiger partial charge in [-0.1, -0.05) is 55.8 Å². The Morgan fingerprint density at radius 1 is 0.950 bits per heavy atom. The summed E-state index contributed by atoms with van der Waals surface area (Å²) in [7, 11) is 1.72. The average molecular weight is 547 g/mol. The van der Waals surface area contributed by atoms with Gasteiger partial charge in [0.25, 0.3) is 11.8 Å². The quantitative estimate of drug-likeness (QED) is 0.250. The molecule has 8 heteroatoms. The van der Waals surface area contributed by atoms with Gasteiger partial charge in [-0.3, -0.25) is 14.5 Å². The molecule has 2 heterocycles. The maximum absolute atomic E-state index is 13.7. The molecule has 4 unspecified atom stereocenters. The minimum atomic E-state index is -1.70. The summed E-state index contributed by atoms with van der Waals surface area (Å²) in [4.78, 5) is 30.3. The first-order valence-corrected chi connectivity index (χ1v) is 13.7. The number of hydrogen-bond donors (Lipinski definition) is 0. The molecule has 3 aromatic carbocycles. The van der Waals surface area contributed by atoms with E-state index >= 15 is 0 Å². The molecule has 0 saturated carbocycles. The van der Waals surface area contributed by atoms with E-state index in [1.165, 1.54) is 12.1 Å². The fraction of sp³-hybridized carbons (Fsp3) is 0.375. The molecular weight excluding hydrogens is 511 g/mol. The lowest BCUT2D eigenvalue weighted by Gasteiger charge is -2.52. The highest BCUT2D eigenvalue weighted by molar-refractivity contribution is 6.05. The second kappa shape index (κ2) is 11.4. The maximum atomic E-state index is 13.7. The zero-order valence-electron chi connectivity index (χ0n) is 23.2. The molecule has 5 rings (SSSR count). The van der Waals surface area contributed by atoms with E-state index in [1.54, 1.807) is 35.9 Å². The molecule has 2 fully saturated rings. The van der Waals surface area contributed by atoms with Gasteiger partial charge in [-0.25, -0.2) is 4.39 Å². The van der Waals surface area contributed by atoms with E-state index in [0.717, 1.165) is 29.7 Å². The van der Waals surface area contributed by atoms with Crippen LogP contribution in [0.5, 0.6) is 5.75 Å². The van der Waals surface area contributed by atoms with E-state index < -0.39 is 29.9 Å². The number of benzene rings is 3. The van der Waals surface area contributed by atoms with E-state index in [-0.39, 0.29) is 17.9 Å². The molecule has 0 bridgehead atoms. The summed E-state index contributed by atoms with van der Waals surface area (Å²) in [5, 5.41) is 0. The van der Waals surface area contributed by atoms with Crippen molar-refractivity contribution in [1.29, 1.82) is 0 Å². The lowest BCUT2D eigenvalue weighted by atomic mass is 9.89. The number of amides is 2. The van der Waals surface area contributed by atoms with Crippen LogP contribution in [0.25, 0.3) is 0 Å². The standard InChI is InChI=1S/C32H35FN2O5/c1-5-6-20-38-26-18-12-22(13-19-26)27-29(30(36)35(27)25-16-14-24(33)15-17-25)40-32(3)31(37)34(4)21(2)28(39-32)23-10-8-7-9-11-23/h7-19,21,27-29H,5-6,20H2,1-4H3/t21?,27?,28?,29?,32-/m0/s1. The Kier molecular flexibility index (Phi) is 7.92. The first-order chi connectivity index (χ1) is 19.2. The Balaban J connectivity index is 1.45. The third kappa shape index (κ3) is 5.21. The van der Waals surface area contributed by atoms with Crippen molar-refractivity contribution < 1.29 is 28.2 Å². The van der Waals surface area contributed by atoms with Gasteiger partial charge < -0.3 is 19.1 Å². The van der Waals surface area contributed by atoms with Crippen molar-refractivity contribution in [2.24, 2.45) is 0 Å². The number of rotatable bonds is 9. The van der Waals surface area contributed by atoms with Gasteiger partial charge in [0, 0.05) is 12.7 Å². The largest absolute Gasteiger partial charge is 0.494 e. The number of carbonyl (C=O) groups excluding carboxylic acids is 2. The van der Waals surface area contributed by atoms with Gasteiger partial charge in [0.05, 0.1) is 18.7 Å². The Bertz CT molecular complexity index is 1330. The van der Waals surface area contributed by atoms with E-state index in [0.29, 0.717) is 12.3 Å². The summed E-state index contributed by atoms with van der Waals surface area (Å²) in [5.41, 5.74) is 2.24. The van der Waals surface area contributed by atoms with Crippen molar-refractivity contribution in [1.82, 2.24) is 4.90 Å². The number of anilines is 1. The Labute approximate surface area is 234 Å². The molecule has 3 aromatic rings. The van der Waals surface area contributed by atoms with E-state index in [9.17, 15) is 14.0 Å². The third-order valence-corrected chi connectivity index (χ3v) is 7.73. The van der Waals surface area contributed by atoms with Crippen LogP contribution in [0.1, 0.15) is 56.9 Å². The highest BCUT2D eigenvalue weighted by Gasteiger charge is 2.57. The van der Waals surface area contributed by atoms with Crippen molar-refractivity contribution in [2.45, 2.75) is 63.7 Å². The highest BCUT2D eigenvalue weighted by atomic mass is 19.1. The van der Waals surface area contributed by atoms with Gasteiger partial charge in [0.1, 0.15) is 17.7 Å². The first-order valence-electron chi connectivity index (χ1n) is 13.7. The number of carbonyl (C=O) groups is 2. The van der Waals surface area contributed by atoms with Crippen LogP contribution in [0.2, 0.25) is 0 Å². The second-order valence-corrected chi connectivity index (χ2v) is 10.5. The Morgan fingerprint density at radius 2 is 1.62 bits per heavy atom. The minimum Gasteiger partial charge on any atom is -0.494 e. The Morgan fingerprint density at radius 3 is 2.27 bits per heavy atom. The maximum Gasteiger partial charge on any atom is 0.282 e. The summed E-state index contributed by atoms with van der Waals surface area (Å²) < 4.78 is 32.2. The molecule has 210 valence electrons. The van der Waals surface area contributed by atoms with Crippen LogP contribution in [-0.4, -0.2) is 48.3 Å². The molecule has 2 aliphatic heterocycles. The Hall–Kier alpha value is -3.75. The number of halogens is 1. The molecule has 0 radical (unpaired) electrons. The van der Waals surface area contributed by atoms with E-state index in [2.05, 4.69) is 6.92 Å². The molecule has 2 saturated heterocycles. The zero-order chi connectivity index (χ0) is 28.4. The second-order valence-electron chi connectivity index (χ2n) is 10.5. The van der Waals surface area contributed by atoms with Crippen LogP contribution in [0, 0.1) is 5.82 Å². The predicted octanol–water partition coefficient (Wildman–Crippen LogP) is 5.81. The monoisotopic (exact) mass is 546 g/mol. The van der Waals surface area contributed by atoms with Crippen LogP contribution in [0.3, 0.4) is 0 Å². The van der Waals surface area contributed by atoms with Crippen molar-refractivity contribution in [3.8, 4) is 5.75 Å². The van der Waals surface area contributed by atoms with E-state index in [1.807, 2.05) is 61.5 Å². The zero-order valence-corrected chi connectivity index (χ0v) is 23.2. The molecular formula is C32H35FN2O5. The summed E-state index contributed by atoms with van der Waals surface area (Å²) >= 11 is 0.